The number of benzene rings is 2. The molecule has 3 heteroatoms. The van der Waals surface area contributed by atoms with Gasteiger partial charge in [0, 0.05) is 0 Å². The van der Waals surface area contributed by atoms with Gasteiger partial charge in [-0.3, -0.25) is 4.79 Å². The van der Waals surface area contributed by atoms with Gasteiger partial charge in [-0.15, -0.1) is 0 Å². The van der Waals surface area contributed by atoms with E-state index >= 15 is 0 Å². The molecule has 3 nitrogen and oxygen atoms in total. The summed E-state index contributed by atoms with van der Waals surface area (Å²) < 4.78 is 5.52. The molecule has 1 N–H and O–H groups in total. The van der Waals surface area contributed by atoms with Crippen LogP contribution < -0.4 is 10.1 Å². The number of carbonyl (C=O) groups excluding carboxylic acids is 1. The molecule has 23 heavy (non-hydrogen) atoms. The summed E-state index contributed by atoms with van der Waals surface area (Å²) in [5.41, 5.74) is 6.02. The molecule has 2 aromatic rings. The fraction of sp³-hybridized carbons (Fsp3) is 0.350. The van der Waals surface area contributed by atoms with Crippen molar-refractivity contribution in [2.45, 2.75) is 40.7 Å². The largest absolute Gasteiger partial charge is 0.484 e. The zero-order valence-electron chi connectivity index (χ0n) is 14.6. The number of rotatable bonds is 5. The lowest BCUT2D eigenvalue weighted by Crippen LogP contribution is -2.31. The molecule has 0 aromatic heterocycles. The SMILES string of the molecule is Cc1ccc(OCC(=O)N[C@H](C)c2cc(C)c(C)cc2C)cc1. The molecule has 1 amide bonds. The fourth-order valence-electron chi connectivity index (χ4n) is 2.59. The maximum absolute atomic E-state index is 12.1. The number of ether oxygens (including phenoxy) is 1. The second-order valence-corrected chi connectivity index (χ2v) is 6.18. The number of nitrogens with one attached hydrogen (secondary N) is 1. The van der Waals surface area contributed by atoms with E-state index in [0.29, 0.717) is 5.75 Å². The summed E-state index contributed by atoms with van der Waals surface area (Å²) in [6, 6.07) is 12.0. The standard InChI is InChI=1S/C20H25NO2/c1-13-6-8-18(9-7-13)23-12-20(22)21-17(5)19-11-15(3)14(2)10-16(19)4/h6-11,17H,12H2,1-5H3,(H,21,22)/t17-/m1/s1. The highest BCUT2D eigenvalue weighted by Crippen LogP contribution is 2.21. The summed E-state index contributed by atoms with van der Waals surface area (Å²) in [5.74, 6) is 0.594. The van der Waals surface area contributed by atoms with Gasteiger partial charge in [-0.2, -0.15) is 0 Å². The molecule has 2 aromatic carbocycles. The summed E-state index contributed by atoms with van der Waals surface area (Å²) in [6.07, 6.45) is 0. The van der Waals surface area contributed by atoms with Crippen LogP contribution in [0.2, 0.25) is 0 Å². The molecule has 0 spiro atoms. The van der Waals surface area contributed by atoms with Crippen LogP contribution in [-0.2, 0) is 4.79 Å². The average Bonchev–Trinajstić information content (AvgIpc) is 2.50. The van der Waals surface area contributed by atoms with Gasteiger partial charge in [-0.05, 0) is 69.0 Å². The van der Waals surface area contributed by atoms with Gasteiger partial charge in [-0.1, -0.05) is 29.8 Å². The van der Waals surface area contributed by atoms with Crippen LogP contribution in [0.25, 0.3) is 0 Å². The summed E-state index contributed by atoms with van der Waals surface area (Å²) in [5, 5.41) is 3.00. The topological polar surface area (TPSA) is 38.3 Å². The van der Waals surface area contributed by atoms with Crippen LogP contribution >= 0.6 is 0 Å². The normalized spacial score (nSPS) is 11.9. The summed E-state index contributed by atoms with van der Waals surface area (Å²) in [7, 11) is 0. The Hall–Kier alpha value is -2.29. The van der Waals surface area contributed by atoms with Gasteiger partial charge in [-0.25, -0.2) is 0 Å². The van der Waals surface area contributed by atoms with Gasteiger partial charge in [0.15, 0.2) is 6.61 Å². The Kier molecular flexibility index (Phi) is 5.43. The minimum absolute atomic E-state index is 0.0251. The van der Waals surface area contributed by atoms with Crippen molar-refractivity contribution in [1.29, 1.82) is 0 Å². The number of hydrogen-bond donors (Lipinski definition) is 1. The Morgan fingerprint density at radius 2 is 1.61 bits per heavy atom. The molecule has 2 rings (SSSR count). The van der Waals surface area contributed by atoms with Gasteiger partial charge in [0.2, 0.25) is 0 Å². The van der Waals surface area contributed by atoms with E-state index in [1.54, 1.807) is 0 Å². The first kappa shape index (κ1) is 17.1. The highest BCUT2D eigenvalue weighted by molar-refractivity contribution is 5.78. The van der Waals surface area contributed by atoms with Crippen LogP contribution in [0.4, 0.5) is 0 Å². The molecule has 0 saturated heterocycles. The Morgan fingerprint density at radius 3 is 2.26 bits per heavy atom. The first-order valence-corrected chi connectivity index (χ1v) is 7.93. The molecule has 1 atom stereocenters. The predicted molar refractivity (Wildman–Crippen MR) is 93.9 cm³/mol. The lowest BCUT2D eigenvalue weighted by molar-refractivity contribution is -0.123. The molecule has 0 heterocycles. The van der Waals surface area contributed by atoms with E-state index in [0.717, 1.165) is 5.56 Å². The Bertz CT molecular complexity index is 690. The molecule has 0 saturated carbocycles. The van der Waals surface area contributed by atoms with Crippen LogP contribution in [0.1, 0.15) is 40.8 Å². The van der Waals surface area contributed by atoms with E-state index in [-0.39, 0.29) is 18.6 Å². The van der Waals surface area contributed by atoms with Crippen molar-refractivity contribution in [3.05, 3.63) is 64.2 Å². The zero-order valence-corrected chi connectivity index (χ0v) is 14.6. The van der Waals surface area contributed by atoms with Crippen LogP contribution in [-0.4, -0.2) is 12.5 Å². The Labute approximate surface area is 138 Å². The molecule has 0 aliphatic rings. The first-order chi connectivity index (χ1) is 10.9. The van der Waals surface area contributed by atoms with E-state index in [9.17, 15) is 4.79 Å². The van der Waals surface area contributed by atoms with Crippen molar-refractivity contribution in [3.8, 4) is 5.75 Å². The molecule has 0 aliphatic carbocycles. The Balaban J connectivity index is 1.94. The molecule has 122 valence electrons. The lowest BCUT2D eigenvalue weighted by atomic mass is 9.96. The molecule has 0 unspecified atom stereocenters. The number of carbonyl (C=O) groups is 1. The molecule has 0 aliphatic heterocycles. The second kappa shape index (κ2) is 7.32. The van der Waals surface area contributed by atoms with Gasteiger partial charge >= 0.3 is 0 Å². The van der Waals surface area contributed by atoms with Crippen molar-refractivity contribution >= 4 is 5.91 Å². The maximum atomic E-state index is 12.1. The smallest absolute Gasteiger partial charge is 0.258 e. The third-order valence-corrected chi connectivity index (χ3v) is 4.12. The van der Waals surface area contributed by atoms with Gasteiger partial charge < -0.3 is 10.1 Å². The van der Waals surface area contributed by atoms with Crippen LogP contribution in [0.3, 0.4) is 0 Å². The monoisotopic (exact) mass is 311 g/mol. The molecular formula is C20H25NO2. The summed E-state index contributed by atoms with van der Waals surface area (Å²) in [4.78, 5) is 12.1. The summed E-state index contributed by atoms with van der Waals surface area (Å²) >= 11 is 0. The molecule has 0 fully saturated rings. The highest BCUT2D eigenvalue weighted by atomic mass is 16.5. The van der Waals surface area contributed by atoms with Crippen LogP contribution in [0.15, 0.2) is 36.4 Å². The zero-order chi connectivity index (χ0) is 17.0. The molecule has 0 radical (unpaired) electrons. The van der Waals surface area contributed by atoms with E-state index in [4.69, 9.17) is 4.74 Å². The highest BCUT2D eigenvalue weighted by Gasteiger charge is 2.13. The van der Waals surface area contributed by atoms with Crippen molar-refractivity contribution in [3.63, 3.8) is 0 Å². The fourth-order valence-corrected chi connectivity index (χ4v) is 2.59. The third kappa shape index (κ3) is 4.59. The number of hydrogen-bond acceptors (Lipinski definition) is 2. The number of aryl methyl sites for hydroxylation is 4. The Morgan fingerprint density at radius 1 is 1.00 bits per heavy atom. The van der Waals surface area contributed by atoms with E-state index in [2.05, 4.69) is 38.2 Å². The first-order valence-electron chi connectivity index (χ1n) is 7.93. The maximum Gasteiger partial charge on any atom is 0.258 e. The van der Waals surface area contributed by atoms with Gasteiger partial charge in [0.25, 0.3) is 5.91 Å². The summed E-state index contributed by atoms with van der Waals surface area (Å²) in [6.45, 7) is 10.3. The van der Waals surface area contributed by atoms with Crippen molar-refractivity contribution in [2.75, 3.05) is 6.61 Å². The van der Waals surface area contributed by atoms with Crippen molar-refractivity contribution in [1.82, 2.24) is 5.32 Å². The lowest BCUT2D eigenvalue weighted by Gasteiger charge is -2.18. The third-order valence-electron chi connectivity index (χ3n) is 4.12. The minimum Gasteiger partial charge on any atom is -0.484 e. The van der Waals surface area contributed by atoms with Crippen LogP contribution in [0.5, 0.6) is 5.75 Å². The van der Waals surface area contributed by atoms with E-state index in [1.807, 2.05) is 38.1 Å². The second-order valence-electron chi connectivity index (χ2n) is 6.18. The number of amides is 1. The van der Waals surface area contributed by atoms with E-state index < -0.39 is 0 Å². The van der Waals surface area contributed by atoms with E-state index in [1.165, 1.54) is 22.3 Å². The van der Waals surface area contributed by atoms with Crippen molar-refractivity contribution < 1.29 is 9.53 Å². The van der Waals surface area contributed by atoms with Crippen molar-refractivity contribution in [2.24, 2.45) is 0 Å². The quantitative estimate of drug-likeness (QED) is 0.899. The molecule has 0 bridgehead atoms. The minimum atomic E-state index is -0.115. The van der Waals surface area contributed by atoms with Gasteiger partial charge in [0.1, 0.15) is 5.75 Å². The van der Waals surface area contributed by atoms with Crippen LogP contribution in [0, 0.1) is 27.7 Å². The predicted octanol–water partition coefficient (Wildman–Crippen LogP) is 4.18. The average molecular weight is 311 g/mol. The van der Waals surface area contributed by atoms with Gasteiger partial charge in [0.05, 0.1) is 6.04 Å². The molecular weight excluding hydrogens is 286 g/mol.